The highest BCUT2D eigenvalue weighted by Crippen LogP contribution is 2.34. The van der Waals surface area contributed by atoms with Gasteiger partial charge in [-0.05, 0) is 73.4 Å². The van der Waals surface area contributed by atoms with Crippen molar-refractivity contribution in [2.75, 3.05) is 0 Å². The molecule has 0 amide bonds. The standard InChI is InChI=1S/C29H23N3O/c1-17-8-13-27-22(14-17)21-11-10-20(18(2)28(21)33-27)15-19-9-12-25-26(16-19)32-24-7-5-4-6-23(24)30-29(32)31(25)3/h4-14,16H,15H2,1-3H3. The van der Waals surface area contributed by atoms with Gasteiger partial charge < -0.3 is 8.98 Å². The Hall–Kier alpha value is -4.05. The van der Waals surface area contributed by atoms with Gasteiger partial charge in [0.2, 0.25) is 5.78 Å². The normalized spacial score (nSPS) is 12.2. The third-order valence-corrected chi connectivity index (χ3v) is 7.04. The zero-order chi connectivity index (χ0) is 22.3. The largest absolute Gasteiger partial charge is 0.456 e. The van der Waals surface area contributed by atoms with Crippen molar-refractivity contribution in [3.8, 4) is 0 Å². The van der Waals surface area contributed by atoms with E-state index in [4.69, 9.17) is 9.40 Å². The second kappa shape index (κ2) is 6.48. The fourth-order valence-electron chi connectivity index (χ4n) is 5.27. The molecule has 0 aliphatic carbocycles. The van der Waals surface area contributed by atoms with E-state index in [1.807, 2.05) is 6.07 Å². The number of fused-ring (bicyclic) bond motifs is 8. The van der Waals surface area contributed by atoms with Gasteiger partial charge >= 0.3 is 0 Å². The molecule has 3 aromatic heterocycles. The van der Waals surface area contributed by atoms with Crippen LogP contribution in [0.2, 0.25) is 0 Å². The zero-order valence-corrected chi connectivity index (χ0v) is 18.9. The van der Waals surface area contributed by atoms with E-state index < -0.39 is 0 Å². The molecular formula is C29H23N3O. The van der Waals surface area contributed by atoms with Crippen LogP contribution in [-0.4, -0.2) is 14.0 Å². The maximum absolute atomic E-state index is 6.27. The summed E-state index contributed by atoms with van der Waals surface area (Å²) in [4.78, 5) is 4.85. The molecule has 4 heteroatoms. The molecule has 0 saturated heterocycles. The van der Waals surface area contributed by atoms with Crippen LogP contribution in [0.1, 0.15) is 22.3 Å². The van der Waals surface area contributed by atoms with Gasteiger partial charge in [-0.25, -0.2) is 4.98 Å². The number of benzene rings is 4. The van der Waals surface area contributed by atoms with Crippen LogP contribution in [0.5, 0.6) is 0 Å². The van der Waals surface area contributed by atoms with Crippen LogP contribution in [0.3, 0.4) is 0 Å². The average Bonchev–Trinajstić information content (AvgIpc) is 3.46. The Kier molecular flexibility index (Phi) is 3.64. The van der Waals surface area contributed by atoms with Gasteiger partial charge in [0.1, 0.15) is 11.2 Å². The maximum atomic E-state index is 6.27. The Morgan fingerprint density at radius 2 is 1.70 bits per heavy atom. The monoisotopic (exact) mass is 429 g/mol. The number of hydrogen-bond donors (Lipinski definition) is 0. The molecule has 0 unspecified atom stereocenters. The molecule has 0 aliphatic rings. The average molecular weight is 430 g/mol. The number of imidazole rings is 2. The SMILES string of the molecule is Cc1ccc2oc3c(C)c(Cc4ccc5c(c4)n4c6ccccc6nc4n5C)ccc3c2c1. The van der Waals surface area contributed by atoms with Crippen molar-refractivity contribution in [3.05, 3.63) is 95.1 Å². The maximum Gasteiger partial charge on any atom is 0.215 e. The van der Waals surface area contributed by atoms with E-state index in [-0.39, 0.29) is 0 Å². The lowest BCUT2D eigenvalue weighted by molar-refractivity contribution is 0.665. The lowest BCUT2D eigenvalue weighted by atomic mass is 9.98. The van der Waals surface area contributed by atoms with Gasteiger partial charge in [0, 0.05) is 17.8 Å². The molecule has 0 bridgehead atoms. The Bertz CT molecular complexity index is 1880. The van der Waals surface area contributed by atoms with Gasteiger partial charge in [0.05, 0.1) is 22.1 Å². The van der Waals surface area contributed by atoms with E-state index in [9.17, 15) is 0 Å². The number of nitrogens with zero attached hydrogens (tertiary/aromatic N) is 3. The number of aromatic nitrogens is 3. The first-order valence-electron chi connectivity index (χ1n) is 11.3. The Labute approximate surface area is 190 Å². The summed E-state index contributed by atoms with van der Waals surface area (Å²) in [6.07, 6.45) is 0.858. The smallest absolute Gasteiger partial charge is 0.215 e. The Morgan fingerprint density at radius 3 is 2.61 bits per heavy atom. The molecule has 0 atom stereocenters. The highest BCUT2D eigenvalue weighted by Gasteiger charge is 2.16. The van der Waals surface area contributed by atoms with Crippen molar-refractivity contribution >= 4 is 49.8 Å². The molecule has 4 aromatic carbocycles. The van der Waals surface area contributed by atoms with Crippen molar-refractivity contribution < 1.29 is 4.42 Å². The van der Waals surface area contributed by atoms with Crippen LogP contribution in [-0.2, 0) is 13.5 Å². The van der Waals surface area contributed by atoms with E-state index in [1.54, 1.807) is 0 Å². The predicted octanol–water partition coefficient (Wildman–Crippen LogP) is 7.09. The summed E-state index contributed by atoms with van der Waals surface area (Å²) in [5.41, 5.74) is 11.5. The molecule has 0 aliphatic heterocycles. The first kappa shape index (κ1) is 18.5. The molecule has 33 heavy (non-hydrogen) atoms. The molecule has 0 spiro atoms. The van der Waals surface area contributed by atoms with Gasteiger partial charge in [-0.3, -0.25) is 4.40 Å². The first-order chi connectivity index (χ1) is 16.1. The third kappa shape index (κ3) is 2.55. The van der Waals surface area contributed by atoms with Gasteiger partial charge in [-0.1, -0.05) is 42.0 Å². The number of hydrogen-bond acceptors (Lipinski definition) is 2. The minimum absolute atomic E-state index is 0.858. The van der Waals surface area contributed by atoms with Crippen molar-refractivity contribution in [3.63, 3.8) is 0 Å². The number of rotatable bonds is 2. The summed E-state index contributed by atoms with van der Waals surface area (Å²) < 4.78 is 10.7. The van der Waals surface area contributed by atoms with Crippen LogP contribution in [0, 0.1) is 13.8 Å². The van der Waals surface area contributed by atoms with Crippen molar-refractivity contribution in [2.45, 2.75) is 20.3 Å². The molecule has 0 radical (unpaired) electrons. The topological polar surface area (TPSA) is 35.4 Å². The van der Waals surface area contributed by atoms with Gasteiger partial charge in [0.15, 0.2) is 0 Å². The molecule has 3 heterocycles. The number of aryl methyl sites for hydroxylation is 3. The Balaban J connectivity index is 1.39. The fourth-order valence-corrected chi connectivity index (χ4v) is 5.27. The summed E-state index contributed by atoms with van der Waals surface area (Å²) in [5.74, 6) is 0.971. The van der Waals surface area contributed by atoms with E-state index in [0.717, 1.165) is 34.4 Å². The highest BCUT2D eigenvalue weighted by atomic mass is 16.3. The van der Waals surface area contributed by atoms with E-state index in [0.29, 0.717) is 0 Å². The van der Waals surface area contributed by atoms with Crippen LogP contribution in [0.4, 0.5) is 0 Å². The van der Waals surface area contributed by atoms with Crippen molar-refractivity contribution in [1.29, 1.82) is 0 Å². The molecule has 0 saturated carbocycles. The molecule has 7 aromatic rings. The summed E-state index contributed by atoms with van der Waals surface area (Å²) in [7, 11) is 2.09. The molecule has 7 rings (SSSR count). The summed E-state index contributed by atoms with van der Waals surface area (Å²) in [5, 5.41) is 2.39. The van der Waals surface area contributed by atoms with Crippen LogP contribution >= 0.6 is 0 Å². The number of para-hydroxylation sites is 2. The zero-order valence-electron chi connectivity index (χ0n) is 18.9. The second-order valence-electron chi connectivity index (χ2n) is 9.12. The summed E-state index contributed by atoms with van der Waals surface area (Å²) >= 11 is 0. The predicted molar refractivity (Wildman–Crippen MR) is 135 cm³/mol. The first-order valence-corrected chi connectivity index (χ1v) is 11.3. The van der Waals surface area contributed by atoms with Crippen LogP contribution < -0.4 is 0 Å². The molecule has 4 nitrogen and oxygen atoms in total. The van der Waals surface area contributed by atoms with E-state index in [2.05, 4.69) is 96.6 Å². The Morgan fingerprint density at radius 1 is 0.818 bits per heavy atom. The molecular weight excluding hydrogens is 406 g/mol. The van der Waals surface area contributed by atoms with Crippen molar-refractivity contribution in [1.82, 2.24) is 14.0 Å². The van der Waals surface area contributed by atoms with Crippen LogP contribution in [0.15, 0.2) is 77.2 Å². The molecule has 160 valence electrons. The fraction of sp³-hybridized carbons (Fsp3) is 0.138. The van der Waals surface area contributed by atoms with Crippen LogP contribution in [0.25, 0.3) is 49.8 Å². The third-order valence-electron chi connectivity index (χ3n) is 7.04. The van der Waals surface area contributed by atoms with Gasteiger partial charge in [-0.2, -0.15) is 0 Å². The lowest BCUT2D eigenvalue weighted by Crippen LogP contribution is -1.93. The van der Waals surface area contributed by atoms with E-state index in [1.165, 1.54) is 44.1 Å². The molecule has 0 fully saturated rings. The number of furan rings is 1. The summed E-state index contributed by atoms with van der Waals surface area (Å²) in [6.45, 7) is 4.30. The minimum Gasteiger partial charge on any atom is -0.456 e. The lowest BCUT2D eigenvalue weighted by Gasteiger charge is -2.08. The minimum atomic E-state index is 0.858. The summed E-state index contributed by atoms with van der Waals surface area (Å²) in [6, 6.07) is 26.0. The quantitative estimate of drug-likeness (QED) is 0.294. The van der Waals surface area contributed by atoms with Gasteiger partial charge in [-0.15, -0.1) is 0 Å². The van der Waals surface area contributed by atoms with Gasteiger partial charge in [0.25, 0.3) is 0 Å². The highest BCUT2D eigenvalue weighted by molar-refractivity contribution is 6.06. The molecule has 0 N–H and O–H groups in total. The van der Waals surface area contributed by atoms with Crippen molar-refractivity contribution in [2.24, 2.45) is 7.05 Å². The van der Waals surface area contributed by atoms with E-state index >= 15 is 0 Å². The second-order valence-corrected chi connectivity index (χ2v) is 9.12.